The molecule has 0 aromatic heterocycles. The predicted octanol–water partition coefficient (Wildman–Crippen LogP) is 5.11. The lowest BCUT2D eigenvalue weighted by Crippen LogP contribution is -2.23. The molecule has 21 heavy (non-hydrogen) atoms. The molecule has 1 atom stereocenters. The van der Waals surface area contributed by atoms with Crippen LogP contribution in [0.2, 0.25) is 0 Å². The van der Waals surface area contributed by atoms with Crippen LogP contribution in [0, 0.1) is 0 Å². The Labute approximate surface area is 143 Å². The Morgan fingerprint density at radius 2 is 1.67 bits per heavy atom. The zero-order chi connectivity index (χ0) is 15.2. The first-order valence-electron chi connectivity index (χ1n) is 6.94. The molecule has 4 heteroatoms. The van der Waals surface area contributed by atoms with Gasteiger partial charge in [-0.3, -0.25) is 0 Å². The van der Waals surface area contributed by atoms with Crippen LogP contribution >= 0.6 is 31.9 Å². The van der Waals surface area contributed by atoms with E-state index in [9.17, 15) is 0 Å². The highest BCUT2D eigenvalue weighted by Gasteiger charge is 2.12. The molecule has 0 saturated heterocycles. The largest absolute Gasteiger partial charge is 0.497 e. The van der Waals surface area contributed by atoms with Crippen LogP contribution in [0.5, 0.6) is 5.75 Å². The fourth-order valence-corrected chi connectivity index (χ4v) is 3.66. The Morgan fingerprint density at radius 3 is 2.19 bits per heavy atom. The van der Waals surface area contributed by atoms with E-state index in [-0.39, 0.29) is 6.04 Å². The Morgan fingerprint density at radius 1 is 1.05 bits per heavy atom. The number of methoxy groups -OCH3 is 1. The van der Waals surface area contributed by atoms with Gasteiger partial charge in [-0.05, 0) is 54.4 Å². The zero-order valence-corrected chi connectivity index (χ0v) is 15.4. The molecule has 0 radical (unpaired) electrons. The lowest BCUT2D eigenvalue weighted by atomic mass is 9.99. The summed E-state index contributed by atoms with van der Waals surface area (Å²) in [6.07, 6.45) is 0.945. The van der Waals surface area contributed by atoms with Gasteiger partial charge < -0.3 is 10.1 Å². The topological polar surface area (TPSA) is 21.3 Å². The minimum Gasteiger partial charge on any atom is -0.497 e. The highest BCUT2D eigenvalue weighted by atomic mass is 79.9. The summed E-state index contributed by atoms with van der Waals surface area (Å²) in [5, 5.41) is 3.56. The van der Waals surface area contributed by atoms with Crippen molar-refractivity contribution in [1.29, 1.82) is 0 Å². The number of halogens is 2. The van der Waals surface area contributed by atoms with Crippen molar-refractivity contribution in [3.8, 4) is 5.75 Å². The molecular weight excluding hydrogens is 394 g/mol. The summed E-state index contributed by atoms with van der Waals surface area (Å²) in [5.41, 5.74) is 2.56. The lowest BCUT2D eigenvalue weighted by molar-refractivity contribution is 0.414. The summed E-state index contributed by atoms with van der Waals surface area (Å²) >= 11 is 7.12. The summed E-state index contributed by atoms with van der Waals surface area (Å²) in [5.74, 6) is 0.893. The SMILES string of the molecule is CCNC(Cc1ccc(OC)cc1)c1cc(Br)cc(Br)c1. The molecule has 2 nitrogen and oxygen atoms in total. The molecular formula is C17H19Br2NO. The fraction of sp³-hybridized carbons (Fsp3) is 0.294. The van der Waals surface area contributed by atoms with Gasteiger partial charge in [0.25, 0.3) is 0 Å². The summed E-state index contributed by atoms with van der Waals surface area (Å²) < 4.78 is 7.38. The third kappa shape index (κ3) is 4.83. The van der Waals surface area contributed by atoms with E-state index in [4.69, 9.17) is 4.74 Å². The highest BCUT2D eigenvalue weighted by molar-refractivity contribution is 9.11. The number of hydrogen-bond donors (Lipinski definition) is 1. The van der Waals surface area contributed by atoms with E-state index in [2.05, 4.69) is 74.4 Å². The summed E-state index contributed by atoms with van der Waals surface area (Å²) in [6.45, 7) is 3.07. The van der Waals surface area contributed by atoms with Gasteiger partial charge in [0.15, 0.2) is 0 Å². The maximum atomic E-state index is 5.21. The molecule has 0 heterocycles. The zero-order valence-electron chi connectivity index (χ0n) is 12.2. The van der Waals surface area contributed by atoms with Gasteiger partial charge in [-0.25, -0.2) is 0 Å². The van der Waals surface area contributed by atoms with Gasteiger partial charge in [0, 0.05) is 15.0 Å². The molecule has 2 aromatic carbocycles. The molecule has 1 unspecified atom stereocenters. The van der Waals surface area contributed by atoms with Crippen molar-refractivity contribution in [3.05, 3.63) is 62.5 Å². The van der Waals surface area contributed by atoms with Gasteiger partial charge in [0.1, 0.15) is 5.75 Å². The normalized spacial score (nSPS) is 12.2. The van der Waals surface area contributed by atoms with E-state index in [0.29, 0.717) is 0 Å². The minimum atomic E-state index is 0.289. The van der Waals surface area contributed by atoms with E-state index in [1.54, 1.807) is 7.11 Å². The standard InChI is InChI=1S/C17H19Br2NO/c1-3-20-17(13-9-14(18)11-15(19)10-13)8-12-4-6-16(21-2)7-5-12/h4-7,9-11,17,20H,3,8H2,1-2H3. The summed E-state index contributed by atoms with van der Waals surface area (Å²) in [6, 6.07) is 14.9. The van der Waals surface area contributed by atoms with E-state index >= 15 is 0 Å². The Bertz CT molecular complexity index is 564. The quantitative estimate of drug-likeness (QED) is 0.711. The first-order valence-corrected chi connectivity index (χ1v) is 8.53. The van der Waals surface area contributed by atoms with E-state index in [1.807, 2.05) is 12.1 Å². The minimum absolute atomic E-state index is 0.289. The van der Waals surface area contributed by atoms with Crippen LogP contribution < -0.4 is 10.1 Å². The van der Waals surface area contributed by atoms with Gasteiger partial charge in [-0.2, -0.15) is 0 Å². The lowest BCUT2D eigenvalue weighted by Gasteiger charge is -2.19. The van der Waals surface area contributed by atoms with Crippen LogP contribution in [-0.2, 0) is 6.42 Å². The Hall–Kier alpha value is -0.840. The van der Waals surface area contributed by atoms with Crippen LogP contribution in [0.1, 0.15) is 24.1 Å². The predicted molar refractivity (Wildman–Crippen MR) is 95.0 cm³/mol. The van der Waals surface area contributed by atoms with Gasteiger partial charge >= 0.3 is 0 Å². The summed E-state index contributed by atoms with van der Waals surface area (Å²) in [4.78, 5) is 0. The number of benzene rings is 2. The number of likely N-dealkylation sites (N-methyl/N-ethyl adjacent to an activating group) is 1. The Kier molecular flexibility index (Phi) is 6.27. The van der Waals surface area contributed by atoms with Crippen molar-refractivity contribution in [1.82, 2.24) is 5.32 Å². The molecule has 0 saturated carbocycles. The fourth-order valence-electron chi connectivity index (χ4n) is 2.33. The average Bonchev–Trinajstić information content (AvgIpc) is 2.46. The molecule has 0 aliphatic carbocycles. The van der Waals surface area contributed by atoms with E-state index in [1.165, 1.54) is 11.1 Å². The number of ether oxygens (including phenoxy) is 1. The Balaban J connectivity index is 2.21. The van der Waals surface area contributed by atoms with Crippen molar-refractivity contribution in [3.63, 3.8) is 0 Å². The van der Waals surface area contributed by atoms with Gasteiger partial charge in [0.05, 0.1) is 7.11 Å². The second kappa shape index (κ2) is 7.97. The van der Waals surface area contributed by atoms with Crippen molar-refractivity contribution >= 4 is 31.9 Å². The molecule has 0 aliphatic rings. The van der Waals surface area contributed by atoms with Crippen LogP contribution in [0.4, 0.5) is 0 Å². The second-order valence-corrected chi connectivity index (χ2v) is 6.70. The van der Waals surface area contributed by atoms with Crippen molar-refractivity contribution in [2.45, 2.75) is 19.4 Å². The first kappa shape index (κ1) is 16.5. The van der Waals surface area contributed by atoms with E-state index < -0.39 is 0 Å². The third-order valence-electron chi connectivity index (χ3n) is 3.34. The number of nitrogens with one attached hydrogen (secondary N) is 1. The van der Waals surface area contributed by atoms with Crippen molar-refractivity contribution < 1.29 is 4.74 Å². The molecule has 2 aromatic rings. The molecule has 0 bridgehead atoms. The molecule has 0 spiro atoms. The highest BCUT2D eigenvalue weighted by Crippen LogP contribution is 2.26. The van der Waals surface area contributed by atoms with Crippen molar-refractivity contribution in [2.75, 3.05) is 13.7 Å². The maximum Gasteiger partial charge on any atom is 0.118 e. The molecule has 0 fully saturated rings. The molecule has 1 N–H and O–H groups in total. The van der Waals surface area contributed by atoms with Gasteiger partial charge in [0.2, 0.25) is 0 Å². The molecule has 2 rings (SSSR count). The second-order valence-electron chi connectivity index (χ2n) is 4.87. The average molecular weight is 413 g/mol. The number of rotatable bonds is 6. The van der Waals surface area contributed by atoms with Crippen LogP contribution in [-0.4, -0.2) is 13.7 Å². The molecule has 0 amide bonds. The van der Waals surface area contributed by atoms with E-state index in [0.717, 1.165) is 27.7 Å². The molecule has 0 aliphatic heterocycles. The smallest absolute Gasteiger partial charge is 0.118 e. The van der Waals surface area contributed by atoms with Gasteiger partial charge in [-0.15, -0.1) is 0 Å². The van der Waals surface area contributed by atoms with Crippen LogP contribution in [0.15, 0.2) is 51.4 Å². The third-order valence-corrected chi connectivity index (χ3v) is 4.25. The first-order chi connectivity index (χ1) is 10.1. The molecule has 112 valence electrons. The maximum absolute atomic E-state index is 5.21. The number of hydrogen-bond acceptors (Lipinski definition) is 2. The van der Waals surface area contributed by atoms with Crippen molar-refractivity contribution in [2.24, 2.45) is 0 Å². The van der Waals surface area contributed by atoms with Crippen LogP contribution in [0.3, 0.4) is 0 Å². The van der Waals surface area contributed by atoms with Crippen LogP contribution in [0.25, 0.3) is 0 Å². The van der Waals surface area contributed by atoms with Gasteiger partial charge in [-0.1, -0.05) is 50.9 Å². The summed E-state index contributed by atoms with van der Waals surface area (Å²) in [7, 11) is 1.69. The monoisotopic (exact) mass is 411 g/mol.